The molecule has 1 aliphatic carbocycles. The molecule has 0 radical (unpaired) electrons. The summed E-state index contributed by atoms with van der Waals surface area (Å²) in [5.41, 5.74) is 0.949. The summed E-state index contributed by atoms with van der Waals surface area (Å²) in [5, 5.41) is 0. The standard InChI is InChI=1S/C18H26N2O4S/c1-24-18(21)15-6-4-5-14(11-15)13-25(22,23)19-16-9-10-20(12-16)17-7-2-3-8-17/h4-6,11,16-17,19H,2-3,7-10,12-13H2,1H3. The van der Waals surface area contributed by atoms with Crippen molar-refractivity contribution >= 4 is 16.0 Å². The van der Waals surface area contributed by atoms with E-state index >= 15 is 0 Å². The average molecular weight is 366 g/mol. The second-order valence-corrected chi connectivity index (χ2v) is 8.74. The zero-order valence-electron chi connectivity index (χ0n) is 14.6. The van der Waals surface area contributed by atoms with Crippen molar-refractivity contribution in [2.75, 3.05) is 20.2 Å². The molecule has 2 aliphatic rings. The maximum Gasteiger partial charge on any atom is 0.337 e. The number of carbonyl (C=O) groups is 1. The van der Waals surface area contributed by atoms with Crippen molar-refractivity contribution in [2.45, 2.75) is 49.9 Å². The quantitative estimate of drug-likeness (QED) is 0.779. The Bertz CT molecular complexity index is 714. The summed E-state index contributed by atoms with van der Waals surface area (Å²) < 4.78 is 32.5. The Hall–Kier alpha value is -1.44. The van der Waals surface area contributed by atoms with Crippen LogP contribution in [0.25, 0.3) is 0 Å². The van der Waals surface area contributed by atoms with Crippen LogP contribution < -0.4 is 4.72 Å². The van der Waals surface area contributed by atoms with E-state index in [0.717, 1.165) is 19.5 Å². The Morgan fingerprint density at radius 3 is 2.76 bits per heavy atom. The van der Waals surface area contributed by atoms with Gasteiger partial charge in [-0.1, -0.05) is 25.0 Å². The predicted octanol–water partition coefficient (Wildman–Crippen LogP) is 1.91. The molecule has 0 spiro atoms. The van der Waals surface area contributed by atoms with Crippen molar-refractivity contribution in [2.24, 2.45) is 0 Å². The molecule has 1 heterocycles. The third-order valence-electron chi connectivity index (χ3n) is 5.11. The summed E-state index contributed by atoms with van der Waals surface area (Å²) >= 11 is 0. The largest absolute Gasteiger partial charge is 0.465 e. The van der Waals surface area contributed by atoms with Crippen LogP contribution in [-0.4, -0.2) is 51.6 Å². The third kappa shape index (κ3) is 4.80. The normalized spacial score (nSPS) is 22.4. The fraction of sp³-hybridized carbons (Fsp3) is 0.611. The summed E-state index contributed by atoms with van der Waals surface area (Å²) in [7, 11) is -2.13. The number of ether oxygens (including phenoxy) is 1. The smallest absolute Gasteiger partial charge is 0.337 e. The molecule has 0 amide bonds. The first-order valence-corrected chi connectivity index (χ1v) is 10.5. The molecule has 1 N–H and O–H groups in total. The summed E-state index contributed by atoms with van der Waals surface area (Å²) in [5.74, 6) is -0.590. The molecule has 138 valence electrons. The molecule has 1 aromatic rings. The number of nitrogens with zero attached hydrogens (tertiary/aromatic N) is 1. The number of carbonyl (C=O) groups excluding carboxylic acids is 1. The van der Waals surface area contributed by atoms with E-state index in [9.17, 15) is 13.2 Å². The molecule has 1 saturated carbocycles. The molecule has 0 bridgehead atoms. The van der Waals surface area contributed by atoms with Gasteiger partial charge in [0.1, 0.15) is 0 Å². The summed E-state index contributed by atoms with van der Waals surface area (Å²) in [6.07, 6.45) is 5.90. The number of hydrogen-bond donors (Lipinski definition) is 1. The van der Waals surface area contributed by atoms with E-state index in [1.54, 1.807) is 24.3 Å². The van der Waals surface area contributed by atoms with Crippen molar-refractivity contribution in [3.63, 3.8) is 0 Å². The van der Waals surface area contributed by atoms with E-state index in [1.807, 2.05) is 0 Å². The summed E-state index contributed by atoms with van der Waals surface area (Å²) in [6, 6.07) is 7.19. The predicted molar refractivity (Wildman–Crippen MR) is 95.8 cm³/mol. The zero-order chi connectivity index (χ0) is 17.9. The minimum atomic E-state index is -3.44. The Kier molecular flexibility index (Phi) is 5.76. The SMILES string of the molecule is COC(=O)c1cccc(CS(=O)(=O)NC2CCN(C3CCCC3)C2)c1. The highest BCUT2D eigenvalue weighted by Gasteiger charge is 2.31. The first kappa shape index (κ1) is 18.4. The lowest BCUT2D eigenvalue weighted by atomic mass is 10.1. The minimum absolute atomic E-state index is 0.0191. The molecule has 1 aromatic carbocycles. The molecule has 1 saturated heterocycles. The van der Waals surface area contributed by atoms with Crippen LogP contribution in [0.1, 0.15) is 48.0 Å². The lowest BCUT2D eigenvalue weighted by Crippen LogP contribution is -2.39. The molecule has 2 fully saturated rings. The summed E-state index contributed by atoms with van der Waals surface area (Å²) in [6.45, 7) is 1.77. The molecule has 1 atom stereocenters. The fourth-order valence-corrected chi connectivity index (χ4v) is 5.31. The van der Waals surface area contributed by atoms with E-state index in [4.69, 9.17) is 0 Å². The highest BCUT2D eigenvalue weighted by atomic mass is 32.2. The van der Waals surface area contributed by atoms with Crippen molar-refractivity contribution in [3.05, 3.63) is 35.4 Å². The second-order valence-electron chi connectivity index (χ2n) is 6.99. The monoisotopic (exact) mass is 366 g/mol. The first-order valence-electron chi connectivity index (χ1n) is 8.88. The zero-order valence-corrected chi connectivity index (χ0v) is 15.4. The number of esters is 1. The van der Waals surface area contributed by atoms with Crippen LogP contribution in [0.4, 0.5) is 0 Å². The van der Waals surface area contributed by atoms with Gasteiger partial charge in [0.2, 0.25) is 10.0 Å². The van der Waals surface area contributed by atoms with Crippen LogP contribution in [0.3, 0.4) is 0 Å². The van der Waals surface area contributed by atoms with Crippen LogP contribution in [-0.2, 0) is 20.5 Å². The molecule has 25 heavy (non-hydrogen) atoms. The number of sulfonamides is 1. The van der Waals surface area contributed by atoms with Gasteiger partial charge in [-0.15, -0.1) is 0 Å². The average Bonchev–Trinajstić information content (AvgIpc) is 3.24. The van der Waals surface area contributed by atoms with E-state index in [0.29, 0.717) is 17.2 Å². The van der Waals surface area contributed by atoms with Crippen LogP contribution >= 0.6 is 0 Å². The van der Waals surface area contributed by atoms with Crippen molar-refractivity contribution < 1.29 is 17.9 Å². The molecule has 6 nitrogen and oxygen atoms in total. The lowest BCUT2D eigenvalue weighted by Gasteiger charge is -2.23. The molecular formula is C18H26N2O4S. The Labute approximate surface area is 149 Å². The second kappa shape index (κ2) is 7.85. The number of likely N-dealkylation sites (tertiary alicyclic amines) is 1. The van der Waals surface area contributed by atoms with Gasteiger partial charge in [0, 0.05) is 25.2 Å². The van der Waals surface area contributed by atoms with Crippen LogP contribution in [0.2, 0.25) is 0 Å². The van der Waals surface area contributed by atoms with Crippen molar-refractivity contribution in [1.82, 2.24) is 9.62 Å². The fourth-order valence-electron chi connectivity index (χ4n) is 3.91. The third-order valence-corrected chi connectivity index (χ3v) is 6.52. The highest BCUT2D eigenvalue weighted by molar-refractivity contribution is 7.88. The Morgan fingerprint density at radius 1 is 1.28 bits per heavy atom. The van der Waals surface area contributed by atoms with Gasteiger partial charge in [0.15, 0.2) is 0 Å². The van der Waals surface area contributed by atoms with Gasteiger partial charge in [0.25, 0.3) is 0 Å². The summed E-state index contributed by atoms with van der Waals surface area (Å²) in [4.78, 5) is 14.0. The first-order chi connectivity index (χ1) is 12.0. The number of hydrogen-bond acceptors (Lipinski definition) is 5. The van der Waals surface area contributed by atoms with E-state index in [-0.39, 0.29) is 11.8 Å². The van der Waals surface area contributed by atoms with Gasteiger partial charge in [0.05, 0.1) is 18.4 Å². The van der Waals surface area contributed by atoms with Gasteiger partial charge in [-0.3, -0.25) is 4.90 Å². The minimum Gasteiger partial charge on any atom is -0.465 e. The van der Waals surface area contributed by atoms with E-state index < -0.39 is 16.0 Å². The van der Waals surface area contributed by atoms with Gasteiger partial charge in [-0.2, -0.15) is 0 Å². The molecule has 1 unspecified atom stereocenters. The number of benzene rings is 1. The maximum atomic E-state index is 12.5. The Morgan fingerprint density at radius 2 is 2.04 bits per heavy atom. The van der Waals surface area contributed by atoms with E-state index in [2.05, 4.69) is 14.4 Å². The van der Waals surface area contributed by atoms with Gasteiger partial charge in [-0.05, 0) is 37.0 Å². The number of rotatable bonds is 6. The maximum absolute atomic E-state index is 12.5. The lowest BCUT2D eigenvalue weighted by molar-refractivity contribution is 0.0600. The molecule has 0 aromatic heterocycles. The molecular weight excluding hydrogens is 340 g/mol. The van der Waals surface area contributed by atoms with Crippen molar-refractivity contribution in [3.8, 4) is 0 Å². The molecule has 7 heteroatoms. The Balaban J connectivity index is 1.58. The topological polar surface area (TPSA) is 75.7 Å². The number of nitrogens with one attached hydrogen (secondary N) is 1. The molecule has 3 rings (SSSR count). The van der Waals surface area contributed by atoms with E-state index in [1.165, 1.54) is 32.8 Å². The number of methoxy groups -OCH3 is 1. The highest BCUT2D eigenvalue weighted by Crippen LogP contribution is 2.26. The van der Waals surface area contributed by atoms with Crippen LogP contribution in [0, 0.1) is 0 Å². The van der Waals surface area contributed by atoms with Gasteiger partial charge < -0.3 is 4.74 Å². The van der Waals surface area contributed by atoms with Crippen LogP contribution in [0.15, 0.2) is 24.3 Å². The van der Waals surface area contributed by atoms with Crippen molar-refractivity contribution in [1.29, 1.82) is 0 Å². The van der Waals surface area contributed by atoms with Gasteiger partial charge in [-0.25, -0.2) is 17.9 Å². The van der Waals surface area contributed by atoms with Crippen LogP contribution in [0.5, 0.6) is 0 Å². The molecule has 1 aliphatic heterocycles. The van der Waals surface area contributed by atoms with Gasteiger partial charge >= 0.3 is 5.97 Å².